The predicted molar refractivity (Wildman–Crippen MR) is 128 cm³/mol. The van der Waals surface area contributed by atoms with Gasteiger partial charge in [-0.25, -0.2) is 0 Å². The highest BCUT2D eigenvalue weighted by Gasteiger charge is 2.44. The quantitative estimate of drug-likeness (QED) is 0.438. The van der Waals surface area contributed by atoms with Crippen molar-refractivity contribution in [2.75, 3.05) is 20.2 Å². The molecule has 2 bridgehead atoms. The third-order valence-electron chi connectivity index (χ3n) is 6.91. The summed E-state index contributed by atoms with van der Waals surface area (Å²) in [7, 11) is 1.66. The minimum Gasteiger partial charge on any atom is -0.497 e. The second-order valence-corrected chi connectivity index (χ2v) is 8.90. The summed E-state index contributed by atoms with van der Waals surface area (Å²) in [5.41, 5.74) is 2.91. The maximum atomic E-state index is 12.2. The van der Waals surface area contributed by atoms with Gasteiger partial charge in [-0.05, 0) is 61.7 Å². The Labute approximate surface area is 194 Å². The summed E-state index contributed by atoms with van der Waals surface area (Å²) >= 11 is 0. The molecule has 0 saturated carbocycles. The lowest BCUT2D eigenvalue weighted by atomic mass is 9.73. The van der Waals surface area contributed by atoms with E-state index in [1.165, 1.54) is 6.92 Å². The molecule has 0 spiro atoms. The first-order valence-electron chi connectivity index (χ1n) is 11.5. The summed E-state index contributed by atoms with van der Waals surface area (Å²) < 4.78 is 11.4. The van der Waals surface area contributed by atoms with Gasteiger partial charge in [0.05, 0.1) is 18.7 Å². The second kappa shape index (κ2) is 9.25. The van der Waals surface area contributed by atoms with Crippen LogP contribution in [0.5, 0.6) is 5.75 Å². The van der Waals surface area contributed by atoms with Gasteiger partial charge in [-0.15, -0.1) is 0 Å². The van der Waals surface area contributed by atoms with Crippen molar-refractivity contribution in [2.24, 2.45) is 11.8 Å². The van der Waals surface area contributed by atoms with E-state index in [0.29, 0.717) is 11.8 Å². The number of methoxy groups -OCH3 is 1. The Morgan fingerprint density at radius 2 is 2.03 bits per heavy atom. The van der Waals surface area contributed by atoms with Gasteiger partial charge >= 0.3 is 5.97 Å². The average molecular weight is 441 g/mol. The Bertz CT molecular complexity index is 1210. The van der Waals surface area contributed by atoms with Gasteiger partial charge in [-0.2, -0.15) is 0 Å². The van der Waals surface area contributed by atoms with Crippen molar-refractivity contribution in [1.82, 2.24) is 9.88 Å². The van der Waals surface area contributed by atoms with Crippen molar-refractivity contribution in [1.29, 1.82) is 0 Å². The molecule has 5 nitrogen and oxygen atoms in total. The van der Waals surface area contributed by atoms with Gasteiger partial charge in [0, 0.05) is 42.1 Å². The highest BCUT2D eigenvalue weighted by atomic mass is 16.5. The SMILES string of the molecule is COc1ccc2nccc([C@H](OC(C)=O)[C@H]3C[C@@H]4CCN3C[C@@H]4C#Cc3ccccc3)c2c1. The van der Waals surface area contributed by atoms with Crippen LogP contribution in [0.15, 0.2) is 60.8 Å². The maximum Gasteiger partial charge on any atom is 0.303 e. The number of carbonyl (C=O) groups is 1. The fourth-order valence-electron chi connectivity index (χ4n) is 5.29. The molecule has 3 aliphatic rings. The molecule has 0 radical (unpaired) electrons. The fraction of sp³-hybridized carbons (Fsp3) is 0.357. The zero-order chi connectivity index (χ0) is 22.8. The minimum atomic E-state index is -0.356. The van der Waals surface area contributed by atoms with E-state index < -0.39 is 0 Å². The van der Waals surface area contributed by atoms with E-state index in [4.69, 9.17) is 9.47 Å². The Morgan fingerprint density at radius 1 is 1.18 bits per heavy atom. The molecule has 0 aliphatic carbocycles. The molecule has 3 aromatic rings. The number of benzene rings is 2. The first-order valence-corrected chi connectivity index (χ1v) is 11.5. The van der Waals surface area contributed by atoms with E-state index in [0.717, 1.165) is 53.7 Å². The van der Waals surface area contributed by atoms with Gasteiger partial charge in [0.1, 0.15) is 11.9 Å². The van der Waals surface area contributed by atoms with Crippen molar-refractivity contribution in [3.63, 3.8) is 0 Å². The summed E-state index contributed by atoms with van der Waals surface area (Å²) in [6.45, 7) is 3.39. The molecule has 5 atom stereocenters. The molecule has 33 heavy (non-hydrogen) atoms. The average Bonchev–Trinajstić information content (AvgIpc) is 2.86. The number of pyridine rings is 1. The number of piperidine rings is 3. The first kappa shape index (κ1) is 21.5. The van der Waals surface area contributed by atoms with Crippen molar-refractivity contribution in [3.8, 4) is 17.6 Å². The Hall–Kier alpha value is -3.36. The van der Waals surface area contributed by atoms with Crippen molar-refractivity contribution < 1.29 is 14.3 Å². The number of esters is 1. The van der Waals surface area contributed by atoms with Crippen LogP contribution < -0.4 is 4.74 Å². The Balaban J connectivity index is 1.45. The molecule has 4 heterocycles. The highest BCUT2D eigenvalue weighted by Crippen LogP contribution is 2.43. The number of ether oxygens (including phenoxy) is 2. The van der Waals surface area contributed by atoms with Crippen LogP contribution in [-0.2, 0) is 9.53 Å². The van der Waals surface area contributed by atoms with Crippen LogP contribution in [0.1, 0.15) is 37.0 Å². The van der Waals surface area contributed by atoms with Gasteiger partial charge in [0.25, 0.3) is 0 Å². The third kappa shape index (κ3) is 4.44. The zero-order valence-corrected chi connectivity index (χ0v) is 19.0. The van der Waals surface area contributed by atoms with Crippen molar-refractivity contribution in [2.45, 2.75) is 31.9 Å². The molecule has 3 saturated heterocycles. The molecule has 1 aromatic heterocycles. The summed E-state index contributed by atoms with van der Waals surface area (Å²) in [4.78, 5) is 19.1. The predicted octanol–water partition coefficient (Wildman–Crippen LogP) is 4.61. The zero-order valence-electron chi connectivity index (χ0n) is 19.0. The first-order chi connectivity index (χ1) is 16.1. The summed E-state index contributed by atoms with van der Waals surface area (Å²) in [6.07, 6.45) is 3.53. The van der Waals surface area contributed by atoms with Crippen LogP contribution in [0.2, 0.25) is 0 Å². The Morgan fingerprint density at radius 3 is 2.76 bits per heavy atom. The van der Waals surface area contributed by atoms with Crippen LogP contribution in [0.3, 0.4) is 0 Å². The van der Waals surface area contributed by atoms with Crippen LogP contribution in [-0.4, -0.2) is 42.1 Å². The number of aromatic nitrogens is 1. The lowest BCUT2D eigenvalue weighted by Crippen LogP contribution is -2.55. The lowest BCUT2D eigenvalue weighted by molar-refractivity contribution is -0.154. The topological polar surface area (TPSA) is 51.7 Å². The molecular weight excluding hydrogens is 412 g/mol. The number of nitrogens with zero attached hydrogens (tertiary/aromatic N) is 2. The number of carbonyl (C=O) groups excluding carboxylic acids is 1. The molecule has 2 aromatic carbocycles. The number of hydrogen-bond donors (Lipinski definition) is 0. The molecule has 3 fully saturated rings. The van der Waals surface area contributed by atoms with Gasteiger partial charge < -0.3 is 9.47 Å². The lowest BCUT2D eigenvalue weighted by Gasteiger charge is -2.50. The summed E-state index contributed by atoms with van der Waals surface area (Å²) in [5.74, 6) is 8.22. The maximum absolute atomic E-state index is 12.2. The molecule has 0 amide bonds. The van der Waals surface area contributed by atoms with E-state index in [1.54, 1.807) is 13.3 Å². The molecule has 168 valence electrons. The van der Waals surface area contributed by atoms with Crippen LogP contribution in [0, 0.1) is 23.7 Å². The van der Waals surface area contributed by atoms with E-state index in [1.807, 2.05) is 42.5 Å². The smallest absolute Gasteiger partial charge is 0.303 e. The fourth-order valence-corrected chi connectivity index (χ4v) is 5.29. The van der Waals surface area contributed by atoms with Gasteiger partial charge in [-0.3, -0.25) is 14.7 Å². The molecule has 0 N–H and O–H groups in total. The number of rotatable bonds is 4. The monoisotopic (exact) mass is 440 g/mol. The van der Waals surface area contributed by atoms with Crippen LogP contribution in [0.25, 0.3) is 10.9 Å². The minimum absolute atomic E-state index is 0.124. The van der Waals surface area contributed by atoms with E-state index in [9.17, 15) is 4.79 Å². The molecule has 6 rings (SSSR count). The highest BCUT2D eigenvalue weighted by molar-refractivity contribution is 5.84. The summed E-state index contributed by atoms with van der Waals surface area (Å²) in [5, 5.41) is 0.964. The normalized spacial score (nSPS) is 24.5. The number of hydrogen-bond acceptors (Lipinski definition) is 5. The largest absolute Gasteiger partial charge is 0.497 e. The summed E-state index contributed by atoms with van der Waals surface area (Å²) in [6, 6.07) is 18.1. The van der Waals surface area contributed by atoms with Crippen molar-refractivity contribution >= 4 is 16.9 Å². The van der Waals surface area contributed by atoms with Gasteiger partial charge in [-0.1, -0.05) is 30.0 Å². The molecular formula is C28H28N2O3. The van der Waals surface area contributed by atoms with E-state index in [2.05, 4.69) is 33.9 Å². The van der Waals surface area contributed by atoms with Crippen LogP contribution >= 0.6 is 0 Å². The second-order valence-electron chi connectivity index (χ2n) is 8.90. The Kier molecular flexibility index (Phi) is 6.02. The molecule has 3 aliphatic heterocycles. The molecule has 1 unspecified atom stereocenters. The van der Waals surface area contributed by atoms with Gasteiger partial charge in [0.15, 0.2) is 0 Å². The standard InChI is InChI=1S/C28H28N2O3/c1-19(31)33-28(24-12-14-29-26-11-10-23(32-2)17-25(24)26)27-16-21-13-15-30(27)18-22(21)9-8-20-6-4-3-5-7-20/h3-7,10-12,14,17,21-22,27-28H,13,15-16,18H2,1-2H3/t21-,22-,27+,28-/m0/s1. The van der Waals surface area contributed by atoms with Gasteiger partial charge in [0.2, 0.25) is 0 Å². The third-order valence-corrected chi connectivity index (χ3v) is 6.91. The van der Waals surface area contributed by atoms with Crippen LogP contribution in [0.4, 0.5) is 0 Å². The van der Waals surface area contributed by atoms with E-state index in [-0.39, 0.29) is 18.1 Å². The van der Waals surface area contributed by atoms with E-state index >= 15 is 0 Å². The number of fused-ring (bicyclic) bond motifs is 4. The molecule has 5 heteroatoms. The van der Waals surface area contributed by atoms with Crippen molar-refractivity contribution in [3.05, 3.63) is 71.9 Å².